The zero-order valence-electron chi connectivity index (χ0n) is 12.0. The predicted octanol–water partition coefficient (Wildman–Crippen LogP) is 2.74. The fourth-order valence-electron chi connectivity index (χ4n) is 2.21. The zero-order valence-corrected chi connectivity index (χ0v) is 12.0. The van der Waals surface area contributed by atoms with Crippen molar-refractivity contribution in [3.63, 3.8) is 0 Å². The van der Waals surface area contributed by atoms with E-state index in [2.05, 4.69) is 49.4 Å². The van der Waals surface area contributed by atoms with Crippen LogP contribution in [0.2, 0.25) is 0 Å². The van der Waals surface area contributed by atoms with Crippen molar-refractivity contribution in [3.05, 3.63) is 34.9 Å². The summed E-state index contributed by atoms with van der Waals surface area (Å²) in [6.07, 6.45) is 5.16. The van der Waals surface area contributed by atoms with E-state index in [0.29, 0.717) is 0 Å². The molecule has 2 heteroatoms. The van der Waals surface area contributed by atoms with E-state index >= 15 is 0 Å². The highest BCUT2D eigenvalue weighted by Crippen LogP contribution is 2.20. The highest BCUT2D eigenvalue weighted by Gasteiger charge is 2.20. The van der Waals surface area contributed by atoms with E-state index in [1.807, 2.05) is 0 Å². The van der Waals surface area contributed by atoms with Gasteiger partial charge in [-0.15, -0.1) is 0 Å². The molecule has 0 bridgehead atoms. The normalized spacial score (nSPS) is 15.3. The van der Waals surface area contributed by atoms with Crippen LogP contribution < -0.4 is 5.32 Å². The van der Waals surface area contributed by atoms with E-state index in [0.717, 1.165) is 12.6 Å². The van der Waals surface area contributed by atoms with Gasteiger partial charge in [0.15, 0.2) is 0 Å². The molecule has 1 aromatic carbocycles. The molecule has 18 heavy (non-hydrogen) atoms. The van der Waals surface area contributed by atoms with E-state index in [9.17, 15) is 0 Å². The molecule has 0 unspecified atom stereocenters. The number of aryl methyl sites for hydroxylation is 2. The molecular formula is C16H26N2. The molecule has 2 nitrogen and oxygen atoms in total. The number of hydrogen-bond donors (Lipinski definition) is 1. The predicted molar refractivity (Wildman–Crippen MR) is 77.9 cm³/mol. The van der Waals surface area contributed by atoms with Gasteiger partial charge in [-0.25, -0.2) is 0 Å². The second-order valence-corrected chi connectivity index (χ2v) is 5.82. The first-order valence-electron chi connectivity index (χ1n) is 7.11. The van der Waals surface area contributed by atoms with Crippen molar-refractivity contribution in [2.75, 3.05) is 20.6 Å². The molecule has 0 amide bonds. The first-order chi connectivity index (χ1) is 8.65. The van der Waals surface area contributed by atoms with Crippen molar-refractivity contribution in [2.24, 2.45) is 0 Å². The molecule has 100 valence electrons. The fraction of sp³-hybridized carbons (Fsp3) is 0.625. The topological polar surface area (TPSA) is 15.3 Å². The lowest BCUT2D eigenvalue weighted by Crippen LogP contribution is -2.16. The Kier molecular flexibility index (Phi) is 4.79. The van der Waals surface area contributed by atoms with Crippen LogP contribution in [0.1, 0.15) is 36.0 Å². The van der Waals surface area contributed by atoms with Crippen LogP contribution in [0.3, 0.4) is 0 Å². The smallest absolute Gasteiger partial charge is 0.0210 e. The van der Waals surface area contributed by atoms with Gasteiger partial charge in [0, 0.05) is 12.6 Å². The third kappa shape index (κ3) is 4.43. The SMILES string of the molecule is Cc1ccc(CCCN(C)C)cc1CNC1CC1. The summed E-state index contributed by atoms with van der Waals surface area (Å²) in [5.41, 5.74) is 4.37. The molecule has 1 aliphatic rings. The molecule has 0 heterocycles. The van der Waals surface area contributed by atoms with Gasteiger partial charge in [-0.3, -0.25) is 0 Å². The second-order valence-electron chi connectivity index (χ2n) is 5.82. The zero-order chi connectivity index (χ0) is 13.0. The third-order valence-corrected chi connectivity index (χ3v) is 3.64. The third-order valence-electron chi connectivity index (χ3n) is 3.64. The molecule has 0 saturated heterocycles. The van der Waals surface area contributed by atoms with Crippen LogP contribution in [0.5, 0.6) is 0 Å². The largest absolute Gasteiger partial charge is 0.310 e. The van der Waals surface area contributed by atoms with E-state index in [-0.39, 0.29) is 0 Å². The lowest BCUT2D eigenvalue weighted by Gasteiger charge is -2.12. The van der Waals surface area contributed by atoms with Crippen molar-refractivity contribution < 1.29 is 0 Å². The van der Waals surface area contributed by atoms with E-state index in [1.54, 1.807) is 0 Å². The Morgan fingerprint density at radius 2 is 2.06 bits per heavy atom. The number of nitrogens with one attached hydrogen (secondary N) is 1. The van der Waals surface area contributed by atoms with Crippen LogP contribution in [-0.4, -0.2) is 31.6 Å². The first kappa shape index (κ1) is 13.6. The van der Waals surface area contributed by atoms with Crippen LogP contribution in [0.25, 0.3) is 0 Å². The number of hydrogen-bond acceptors (Lipinski definition) is 2. The summed E-state index contributed by atoms with van der Waals surface area (Å²) in [5.74, 6) is 0. The summed E-state index contributed by atoms with van der Waals surface area (Å²) in [5, 5.41) is 3.61. The number of nitrogens with zero attached hydrogens (tertiary/aromatic N) is 1. The summed E-state index contributed by atoms with van der Waals surface area (Å²) in [6, 6.07) is 7.74. The second kappa shape index (κ2) is 6.35. The van der Waals surface area contributed by atoms with Gasteiger partial charge in [0.2, 0.25) is 0 Å². The Morgan fingerprint density at radius 1 is 1.28 bits per heavy atom. The average Bonchev–Trinajstić information content (AvgIpc) is 3.13. The molecule has 2 rings (SSSR count). The maximum absolute atomic E-state index is 3.61. The molecule has 0 aromatic heterocycles. The molecule has 0 radical (unpaired) electrons. The van der Waals surface area contributed by atoms with Crippen molar-refractivity contribution in [2.45, 2.75) is 45.2 Å². The number of benzene rings is 1. The Bertz CT molecular complexity index is 381. The van der Waals surface area contributed by atoms with Crippen molar-refractivity contribution in [1.82, 2.24) is 10.2 Å². The molecule has 1 N–H and O–H groups in total. The minimum absolute atomic E-state index is 0.793. The molecule has 1 aromatic rings. The van der Waals surface area contributed by atoms with Crippen molar-refractivity contribution >= 4 is 0 Å². The highest BCUT2D eigenvalue weighted by atomic mass is 15.0. The van der Waals surface area contributed by atoms with Crippen LogP contribution in [0.4, 0.5) is 0 Å². The van der Waals surface area contributed by atoms with E-state index < -0.39 is 0 Å². The maximum atomic E-state index is 3.61. The van der Waals surface area contributed by atoms with Crippen LogP contribution in [0, 0.1) is 6.92 Å². The van der Waals surface area contributed by atoms with Gasteiger partial charge < -0.3 is 10.2 Å². The Balaban J connectivity index is 1.87. The molecule has 0 atom stereocenters. The summed E-state index contributed by atoms with van der Waals surface area (Å²) in [4.78, 5) is 2.25. The summed E-state index contributed by atoms with van der Waals surface area (Å²) >= 11 is 0. The van der Waals surface area contributed by atoms with Crippen molar-refractivity contribution in [1.29, 1.82) is 0 Å². The lowest BCUT2D eigenvalue weighted by atomic mass is 10.0. The fourth-order valence-corrected chi connectivity index (χ4v) is 2.21. The molecule has 0 aliphatic heterocycles. The van der Waals surface area contributed by atoms with Gasteiger partial charge in [-0.1, -0.05) is 18.2 Å². The Labute approximate surface area is 111 Å². The highest BCUT2D eigenvalue weighted by molar-refractivity contribution is 5.31. The van der Waals surface area contributed by atoms with Crippen molar-refractivity contribution in [3.8, 4) is 0 Å². The van der Waals surface area contributed by atoms with Gasteiger partial charge in [0.05, 0.1) is 0 Å². The monoisotopic (exact) mass is 246 g/mol. The average molecular weight is 246 g/mol. The summed E-state index contributed by atoms with van der Waals surface area (Å²) in [6.45, 7) is 4.43. The quantitative estimate of drug-likeness (QED) is 0.796. The maximum Gasteiger partial charge on any atom is 0.0210 e. The molecular weight excluding hydrogens is 220 g/mol. The minimum atomic E-state index is 0.793. The minimum Gasteiger partial charge on any atom is -0.310 e. The summed E-state index contributed by atoms with van der Waals surface area (Å²) in [7, 11) is 4.28. The molecule has 1 fully saturated rings. The van der Waals surface area contributed by atoms with E-state index in [4.69, 9.17) is 0 Å². The Hall–Kier alpha value is -0.860. The van der Waals surface area contributed by atoms with Crippen LogP contribution in [-0.2, 0) is 13.0 Å². The Morgan fingerprint density at radius 3 is 2.72 bits per heavy atom. The standard InChI is InChI=1S/C16H26N2/c1-13-6-7-14(5-4-10-18(2)3)11-15(13)12-17-16-8-9-16/h6-7,11,16-17H,4-5,8-10,12H2,1-3H3. The molecule has 1 aliphatic carbocycles. The van der Waals surface area contributed by atoms with Gasteiger partial charge in [-0.05, 0) is 69.9 Å². The van der Waals surface area contributed by atoms with Gasteiger partial charge in [0.25, 0.3) is 0 Å². The summed E-state index contributed by atoms with van der Waals surface area (Å²) < 4.78 is 0. The van der Waals surface area contributed by atoms with Gasteiger partial charge in [-0.2, -0.15) is 0 Å². The first-order valence-corrected chi connectivity index (χ1v) is 7.11. The van der Waals surface area contributed by atoms with Gasteiger partial charge in [0.1, 0.15) is 0 Å². The van der Waals surface area contributed by atoms with Crippen LogP contribution >= 0.6 is 0 Å². The lowest BCUT2D eigenvalue weighted by molar-refractivity contribution is 0.400. The van der Waals surface area contributed by atoms with Crippen LogP contribution in [0.15, 0.2) is 18.2 Å². The van der Waals surface area contributed by atoms with E-state index in [1.165, 1.54) is 48.9 Å². The molecule has 1 saturated carbocycles. The number of rotatable bonds is 7. The van der Waals surface area contributed by atoms with Gasteiger partial charge >= 0.3 is 0 Å². The molecule has 0 spiro atoms.